The molecule has 9 heavy (non-hydrogen) atoms. The molecule has 5 heteroatoms. The van der Waals surface area contributed by atoms with Crippen LogP contribution in [0.2, 0.25) is 0 Å². The van der Waals surface area contributed by atoms with Crippen molar-refractivity contribution in [2.45, 2.75) is 6.42 Å². The van der Waals surface area contributed by atoms with Crippen molar-refractivity contribution in [1.29, 1.82) is 0 Å². The highest BCUT2D eigenvalue weighted by Crippen LogP contribution is 2.14. The fraction of sp³-hybridized carbons (Fsp3) is 1.00. The molecule has 54 valence electrons. The normalized spacial score (nSPS) is 21.7. The Morgan fingerprint density at radius 2 is 1.78 bits per heavy atom. The molecule has 1 nitrogen and oxygen atoms in total. The van der Waals surface area contributed by atoms with E-state index in [2.05, 4.69) is 0 Å². The van der Waals surface area contributed by atoms with E-state index in [1.807, 2.05) is 0 Å². The largest absolute Gasteiger partial charge is 0.492 e. The van der Waals surface area contributed by atoms with Crippen LogP contribution in [0.5, 0.6) is 0 Å². The first-order chi connectivity index (χ1) is 4.08. The second-order valence-electron chi connectivity index (χ2n) is 2.36. The first kappa shape index (κ1) is 6.93. The standard InChI is InChI=1S/C4H8BF3N/c6-5(7,8)4-9-2-1-3-9/h1-4H2/q-1. The summed E-state index contributed by atoms with van der Waals surface area (Å²) in [6, 6.07) is 0. The summed E-state index contributed by atoms with van der Waals surface area (Å²) in [5, 5.41) is 0. The van der Waals surface area contributed by atoms with Crippen LogP contribution in [0, 0.1) is 0 Å². The molecule has 1 saturated heterocycles. The van der Waals surface area contributed by atoms with Crippen LogP contribution in [0.25, 0.3) is 0 Å². The molecule has 0 amide bonds. The van der Waals surface area contributed by atoms with Crippen LogP contribution in [-0.4, -0.2) is 31.4 Å². The van der Waals surface area contributed by atoms with Gasteiger partial charge in [-0.1, -0.05) is 0 Å². The third-order valence-corrected chi connectivity index (χ3v) is 1.41. The first-order valence-corrected chi connectivity index (χ1v) is 3.01. The Bertz CT molecular complexity index is 98.5. The molecular formula is C4H8BF3N-. The van der Waals surface area contributed by atoms with Crippen LogP contribution >= 0.6 is 0 Å². The molecule has 1 heterocycles. The lowest BCUT2D eigenvalue weighted by atomic mass is 9.90. The lowest BCUT2D eigenvalue weighted by Crippen LogP contribution is -2.45. The van der Waals surface area contributed by atoms with Gasteiger partial charge in [0.05, 0.1) is 0 Å². The number of likely N-dealkylation sites (tertiary alicyclic amines) is 1. The lowest BCUT2D eigenvalue weighted by Gasteiger charge is -2.34. The van der Waals surface area contributed by atoms with E-state index in [-0.39, 0.29) is 0 Å². The zero-order valence-corrected chi connectivity index (χ0v) is 4.99. The highest BCUT2D eigenvalue weighted by Gasteiger charge is 2.28. The van der Waals surface area contributed by atoms with Gasteiger partial charge in [0.1, 0.15) is 0 Å². The maximum absolute atomic E-state index is 11.5. The van der Waals surface area contributed by atoms with Crippen LogP contribution in [0.15, 0.2) is 0 Å². The molecular weight excluding hydrogens is 130 g/mol. The fourth-order valence-electron chi connectivity index (χ4n) is 0.857. The third kappa shape index (κ3) is 2.26. The molecule has 1 rings (SSSR count). The maximum Gasteiger partial charge on any atom is 0.492 e. The Morgan fingerprint density at radius 3 is 1.89 bits per heavy atom. The van der Waals surface area contributed by atoms with E-state index in [1.54, 1.807) is 0 Å². The number of nitrogens with zero attached hydrogens (tertiary/aromatic N) is 1. The Morgan fingerprint density at radius 1 is 1.22 bits per heavy atom. The predicted molar refractivity (Wildman–Crippen MR) is 30.1 cm³/mol. The lowest BCUT2D eigenvalue weighted by molar-refractivity contribution is 0.192. The molecule has 0 spiro atoms. The fourth-order valence-corrected chi connectivity index (χ4v) is 0.857. The van der Waals surface area contributed by atoms with Crippen molar-refractivity contribution in [2.75, 3.05) is 19.5 Å². The van der Waals surface area contributed by atoms with E-state index >= 15 is 0 Å². The first-order valence-electron chi connectivity index (χ1n) is 3.01. The van der Waals surface area contributed by atoms with Gasteiger partial charge in [-0.3, -0.25) is 0 Å². The van der Waals surface area contributed by atoms with E-state index in [0.717, 1.165) is 6.42 Å². The molecule has 0 radical (unpaired) electrons. The van der Waals surface area contributed by atoms with Gasteiger partial charge in [-0.2, -0.15) is 0 Å². The molecule has 1 fully saturated rings. The summed E-state index contributed by atoms with van der Waals surface area (Å²) in [7, 11) is 0. The molecule has 0 aliphatic carbocycles. The van der Waals surface area contributed by atoms with Crippen molar-refractivity contribution in [3.8, 4) is 0 Å². The zero-order chi connectivity index (χ0) is 6.91. The van der Waals surface area contributed by atoms with Gasteiger partial charge in [0.25, 0.3) is 0 Å². The molecule has 0 aromatic heterocycles. The molecule has 1 aliphatic rings. The smallest absolute Gasteiger partial charge is 0.448 e. The van der Waals surface area contributed by atoms with Crippen LogP contribution in [0.1, 0.15) is 6.42 Å². The average molecular weight is 138 g/mol. The molecule has 1 aliphatic heterocycles. The van der Waals surface area contributed by atoms with Crippen LogP contribution < -0.4 is 0 Å². The Kier molecular flexibility index (Phi) is 1.70. The summed E-state index contributed by atoms with van der Waals surface area (Å²) in [6.45, 7) is -3.32. The van der Waals surface area contributed by atoms with Crippen molar-refractivity contribution in [3.05, 3.63) is 0 Å². The van der Waals surface area contributed by atoms with Gasteiger partial charge in [-0.25, -0.2) is 0 Å². The van der Waals surface area contributed by atoms with E-state index in [1.165, 1.54) is 4.90 Å². The van der Waals surface area contributed by atoms with Crippen LogP contribution in [-0.2, 0) is 0 Å². The Balaban J connectivity index is 2.16. The van der Waals surface area contributed by atoms with Crippen molar-refractivity contribution in [2.24, 2.45) is 0 Å². The molecule has 0 bridgehead atoms. The van der Waals surface area contributed by atoms with Crippen molar-refractivity contribution in [3.63, 3.8) is 0 Å². The zero-order valence-electron chi connectivity index (χ0n) is 4.99. The van der Waals surface area contributed by atoms with E-state index in [4.69, 9.17) is 0 Å². The van der Waals surface area contributed by atoms with Gasteiger partial charge in [0.15, 0.2) is 0 Å². The van der Waals surface area contributed by atoms with E-state index in [0.29, 0.717) is 13.1 Å². The summed E-state index contributed by atoms with van der Waals surface area (Å²) in [4.78, 5) is 1.42. The number of hydrogen-bond acceptors (Lipinski definition) is 1. The number of hydrogen-bond donors (Lipinski definition) is 0. The minimum absolute atomic E-state index is 0.626. The van der Waals surface area contributed by atoms with Crippen molar-refractivity contribution in [1.82, 2.24) is 4.90 Å². The molecule has 0 aromatic carbocycles. The van der Waals surface area contributed by atoms with Crippen LogP contribution in [0.3, 0.4) is 0 Å². The molecule has 0 unspecified atom stereocenters. The van der Waals surface area contributed by atoms with E-state index < -0.39 is 13.4 Å². The van der Waals surface area contributed by atoms with E-state index in [9.17, 15) is 12.9 Å². The summed E-state index contributed by atoms with van der Waals surface area (Å²) in [5.41, 5.74) is 0. The molecule has 0 atom stereocenters. The second-order valence-corrected chi connectivity index (χ2v) is 2.36. The molecule has 0 aromatic rings. The predicted octanol–water partition coefficient (Wildman–Crippen LogP) is 1.08. The van der Waals surface area contributed by atoms with Crippen molar-refractivity contribution >= 4 is 6.98 Å². The molecule has 0 N–H and O–H groups in total. The monoisotopic (exact) mass is 138 g/mol. The SMILES string of the molecule is F[B-](F)(F)CN1CCC1. The van der Waals surface area contributed by atoms with Gasteiger partial charge in [0, 0.05) is 0 Å². The summed E-state index contributed by atoms with van der Waals surface area (Å²) < 4.78 is 34.6. The summed E-state index contributed by atoms with van der Waals surface area (Å²) in [6.07, 6.45) is 0.256. The van der Waals surface area contributed by atoms with Gasteiger partial charge >= 0.3 is 6.98 Å². The average Bonchev–Trinajstić information content (AvgIpc) is 1.53. The van der Waals surface area contributed by atoms with Gasteiger partial charge < -0.3 is 17.8 Å². The number of rotatable bonds is 2. The van der Waals surface area contributed by atoms with Gasteiger partial charge in [0.2, 0.25) is 0 Å². The van der Waals surface area contributed by atoms with Gasteiger partial charge in [-0.15, -0.1) is 0 Å². The summed E-state index contributed by atoms with van der Waals surface area (Å²) >= 11 is 0. The van der Waals surface area contributed by atoms with Crippen molar-refractivity contribution < 1.29 is 12.9 Å². The minimum Gasteiger partial charge on any atom is -0.448 e. The minimum atomic E-state index is -4.57. The quantitative estimate of drug-likeness (QED) is 0.516. The van der Waals surface area contributed by atoms with Gasteiger partial charge in [-0.05, 0) is 26.0 Å². The highest BCUT2D eigenvalue weighted by atomic mass is 19.4. The summed E-state index contributed by atoms with van der Waals surface area (Å²) in [5.74, 6) is 0. The third-order valence-electron chi connectivity index (χ3n) is 1.41. The second kappa shape index (κ2) is 2.21. The Hall–Kier alpha value is -0.185. The number of halogens is 3. The topological polar surface area (TPSA) is 3.24 Å². The molecule has 0 saturated carbocycles. The van der Waals surface area contributed by atoms with Crippen LogP contribution in [0.4, 0.5) is 12.9 Å². The maximum atomic E-state index is 11.5. The Labute approximate surface area is 51.9 Å². The highest BCUT2D eigenvalue weighted by molar-refractivity contribution is 6.58.